The standard InChI is InChI=1S/C16H14ClF3/c1-11-3-7-13(8-4-11)15(17,16(18,19)20)14-9-5-12(2)6-10-14/h3-10H,1-2H3. The Morgan fingerprint density at radius 1 is 0.700 bits per heavy atom. The highest BCUT2D eigenvalue weighted by Gasteiger charge is 2.56. The van der Waals surface area contributed by atoms with Crippen molar-refractivity contribution >= 4 is 11.6 Å². The van der Waals surface area contributed by atoms with E-state index in [2.05, 4.69) is 0 Å². The van der Waals surface area contributed by atoms with Crippen LogP contribution in [0.3, 0.4) is 0 Å². The van der Waals surface area contributed by atoms with Gasteiger partial charge < -0.3 is 0 Å². The summed E-state index contributed by atoms with van der Waals surface area (Å²) in [5.74, 6) is 0. The van der Waals surface area contributed by atoms with Crippen LogP contribution in [-0.4, -0.2) is 6.18 Å². The topological polar surface area (TPSA) is 0 Å². The van der Waals surface area contributed by atoms with Gasteiger partial charge in [0, 0.05) is 0 Å². The Balaban J connectivity index is 2.62. The molecule has 0 spiro atoms. The van der Waals surface area contributed by atoms with Gasteiger partial charge in [0.15, 0.2) is 4.87 Å². The highest BCUT2D eigenvalue weighted by Crippen LogP contribution is 2.49. The Bertz CT molecular complexity index is 537. The van der Waals surface area contributed by atoms with Crippen molar-refractivity contribution < 1.29 is 13.2 Å². The maximum Gasteiger partial charge on any atom is 0.415 e. The van der Waals surface area contributed by atoms with Gasteiger partial charge in [0.05, 0.1) is 0 Å². The van der Waals surface area contributed by atoms with E-state index < -0.39 is 11.1 Å². The summed E-state index contributed by atoms with van der Waals surface area (Å²) in [6, 6.07) is 12.2. The summed E-state index contributed by atoms with van der Waals surface area (Å²) in [5.41, 5.74) is 1.83. The summed E-state index contributed by atoms with van der Waals surface area (Å²) >= 11 is 6.05. The molecule has 0 amide bonds. The molecule has 0 aromatic heterocycles. The van der Waals surface area contributed by atoms with Crippen molar-refractivity contribution in [2.24, 2.45) is 0 Å². The highest BCUT2D eigenvalue weighted by atomic mass is 35.5. The normalized spacial score (nSPS) is 12.5. The van der Waals surface area contributed by atoms with Gasteiger partial charge in [-0.15, -0.1) is 0 Å². The van der Waals surface area contributed by atoms with E-state index in [0.29, 0.717) is 0 Å². The second-order valence-electron chi connectivity index (χ2n) is 4.89. The molecule has 2 rings (SSSR count). The lowest BCUT2D eigenvalue weighted by Gasteiger charge is -2.31. The van der Waals surface area contributed by atoms with Gasteiger partial charge in [0.2, 0.25) is 0 Å². The number of alkyl halides is 4. The molecule has 0 aliphatic heterocycles. The molecule has 0 nitrogen and oxygen atoms in total. The van der Waals surface area contributed by atoms with Crippen molar-refractivity contribution in [2.75, 3.05) is 0 Å². The molecule has 0 aliphatic rings. The molecule has 0 fully saturated rings. The fraction of sp³-hybridized carbons (Fsp3) is 0.250. The van der Waals surface area contributed by atoms with Gasteiger partial charge in [0.25, 0.3) is 0 Å². The fourth-order valence-corrected chi connectivity index (χ4v) is 2.31. The number of aryl methyl sites for hydroxylation is 2. The smallest absolute Gasteiger partial charge is 0.168 e. The largest absolute Gasteiger partial charge is 0.415 e. The Kier molecular flexibility index (Phi) is 3.83. The number of rotatable bonds is 2. The molecule has 0 heterocycles. The first kappa shape index (κ1) is 14.9. The molecule has 106 valence electrons. The number of hydrogen-bond donors (Lipinski definition) is 0. The van der Waals surface area contributed by atoms with Crippen LogP contribution in [-0.2, 0) is 4.87 Å². The third-order valence-electron chi connectivity index (χ3n) is 3.29. The van der Waals surface area contributed by atoms with Crippen LogP contribution in [0.25, 0.3) is 0 Å². The minimum absolute atomic E-state index is 0.0288. The van der Waals surface area contributed by atoms with Crippen LogP contribution in [0.1, 0.15) is 22.3 Å². The van der Waals surface area contributed by atoms with E-state index in [1.165, 1.54) is 24.3 Å². The summed E-state index contributed by atoms with van der Waals surface area (Å²) < 4.78 is 40.6. The van der Waals surface area contributed by atoms with E-state index >= 15 is 0 Å². The minimum atomic E-state index is -4.58. The molecule has 0 saturated carbocycles. The van der Waals surface area contributed by atoms with E-state index in [1.807, 2.05) is 13.8 Å². The van der Waals surface area contributed by atoms with Crippen LogP contribution in [0, 0.1) is 13.8 Å². The molecule has 0 bridgehead atoms. The van der Waals surface area contributed by atoms with E-state index in [1.54, 1.807) is 24.3 Å². The van der Waals surface area contributed by atoms with Crippen LogP contribution in [0.15, 0.2) is 48.5 Å². The summed E-state index contributed by atoms with van der Waals surface area (Å²) in [6.45, 7) is 3.64. The number of benzene rings is 2. The molecule has 0 aliphatic carbocycles. The monoisotopic (exact) mass is 298 g/mol. The van der Waals surface area contributed by atoms with Gasteiger partial charge in [-0.2, -0.15) is 13.2 Å². The minimum Gasteiger partial charge on any atom is -0.168 e. The van der Waals surface area contributed by atoms with Crippen molar-refractivity contribution in [1.29, 1.82) is 0 Å². The first-order valence-corrected chi connectivity index (χ1v) is 6.53. The van der Waals surface area contributed by atoms with Crippen LogP contribution < -0.4 is 0 Å². The zero-order valence-electron chi connectivity index (χ0n) is 11.1. The van der Waals surface area contributed by atoms with E-state index in [-0.39, 0.29) is 11.1 Å². The molecule has 0 radical (unpaired) electrons. The zero-order valence-corrected chi connectivity index (χ0v) is 11.9. The van der Waals surface area contributed by atoms with Gasteiger partial charge in [-0.25, -0.2) is 0 Å². The molecular weight excluding hydrogens is 285 g/mol. The molecule has 0 N–H and O–H groups in total. The lowest BCUT2D eigenvalue weighted by molar-refractivity contribution is -0.154. The van der Waals surface area contributed by atoms with Crippen LogP contribution in [0.5, 0.6) is 0 Å². The molecule has 0 atom stereocenters. The molecule has 2 aromatic carbocycles. The fourth-order valence-electron chi connectivity index (χ4n) is 2.06. The average molecular weight is 299 g/mol. The maximum atomic E-state index is 13.5. The van der Waals surface area contributed by atoms with Crippen LogP contribution in [0.4, 0.5) is 13.2 Å². The van der Waals surface area contributed by atoms with Crippen molar-refractivity contribution in [3.8, 4) is 0 Å². The van der Waals surface area contributed by atoms with Crippen molar-refractivity contribution in [1.82, 2.24) is 0 Å². The van der Waals surface area contributed by atoms with Gasteiger partial charge in [-0.1, -0.05) is 71.3 Å². The third kappa shape index (κ3) is 2.55. The lowest BCUT2D eigenvalue weighted by Crippen LogP contribution is -2.38. The van der Waals surface area contributed by atoms with Crippen LogP contribution >= 0.6 is 11.6 Å². The average Bonchev–Trinajstić information content (AvgIpc) is 2.38. The van der Waals surface area contributed by atoms with Crippen molar-refractivity contribution in [3.63, 3.8) is 0 Å². The molecule has 0 unspecified atom stereocenters. The SMILES string of the molecule is Cc1ccc(C(Cl)(c2ccc(C)cc2)C(F)(F)F)cc1. The van der Waals surface area contributed by atoms with Gasteiger partial charge in [-0.3, -0.25) is 0 Å². The number of halogens is 4. The highest BCUT2D eigenvalue weighted by molar-refractivity contribution is 6.26. The predicted molar refractivity (Wildman–Crippen MR) is 75.0 cm³/mol. The molecule has 20 heavy (non-hydrogen) atoms. The number of hydrogen-bond acceptors (Lipinski definition) is 0. The summed E-state index contributed by atoms with van der Waals surface area (Å²) in [4.78, 5) is -2.52. The Morgan fingerprint density at radius 3 is 1.25 bits per heavy atom. The first-order chi connectivity index (χ1) is 9.25. The van der Waals surface area contributed by atoms with Crippen molar-refractivity contribution in [2.45, 2.75) is 24.9 Å². The second-order valence-corrected chi connectivity index (χ2v) is 5.46. The zero-order chi connectivity index (χ0) is 15.0. The van der Waals surface area contributed by atoms with Gasteiger partial charge >= 0.3 is 6.18 Å². The summed E-state index contributed by atoms with van der Waals surface area (Å²) in [7, 11) is 0. The summed E-state index contributed by atoms with van der Waals surface area (Å²) in [5, 5.41) is 0. The second kappa shape index (κ2) is 5.13. The summed E-state index contributed by atoms with van der Waals surface area (Å²) in [6.07, 6.45) is -4.58. The lowest BCUT2D eigenvalue weighted by atomic mass is 9.89. The third-order valence-corrected chi connectivity index (χ3v) is 3.94. The maximum absolute atomic E-state index is 13.5. The Labute approximate surface area is 121 Å². The molecule has 4 heteroatoms. The van der Waals surface area contributed by atoms with Crippen molar-refractivity contribution in [3.05, 3.63) is 70.8 Å². The molecule has 2 aromatic rings. The van der Waals surface area contributed by atoms with E-state index in [0.717, 1.165) is 11.1 Å². The van der Waals surface area contributed by atoms with Crippen LogP contribution in [0.2, 0.25) is 0 Å². The molecule has 0 saturated heterocycles. The Morgan fingerprint density at radius 2 is 1.00 bits per heavy atom. The van der Waals surface area contributed by atoms with Gasteiger partial charge in [-0.05, 0) is 25.0 Å². The van der Waals surface area contributed by atoms with E-state index in [9.17, 15) is 13.2 Å². The van der Waals surface area contributed by atoms with Gasteiger partial charge in [0.1, 0.15) is 0 Å². The Hall–Kier alpha value is -1.48. The quantitative estimate of drug-likeness (QED) is 0.656. The molecular formula is C16H14ClF3. The van der Waals surface area contributed by atoms with E-state index in [4.69, 9.17) is 11.6 Å². The predicted octanol–water partition coefficient (Wildman–Crippen LogP) is 5.35. The first-order valence-electron chi connectivity index (χ1n) is 6.15.